The van der Waals surface area contributed by atoms with Gasteiger partial charge in [0.1, 0.15) is 64.3 Å². The van der Waals surface area contributed by atoms with E-state index >= 15 is 0 Å². The summed E-state index contributed by atoms with van der Waals surface area (Å²) in [5.74, 6) is -5.76. The second kappa shape index (κ2) is 8.23. The number of phenols is 6. The summed E-state index contributed by atoms with van der Waals surface area (Å²) < 4.78 is 10.8. The van der Waals surface area contributed by atoms with Crippen LogP contribution in [0, 0.1) is 0 Å². The fraction of sp³-hybridized carbons (Fsp3) is 0.286. The van der Waals surface area contributed by atoms with E-state index in [1.54, 1.807) is 0 Å². The Bertz CT molecular complexity index is 1300. The molecule has 5 atom stereocenters. The summed E-state index contributed by atoms with van der Waals surface area (Å²) in [7, 11) is 0. The molecule has 2 aromatic carbocycles. The summed E-state index contributed by atoms with van der Waals surface area (Å²) in [6, 6.07) is 2.20. The van der Waals surface area contributed by atoms with E-state index in [1.165, 1.54) is 0 Å². The van der Waals surface area contributed by atoms with Crippen LogP contribution in [0.15, 0.2) is 27.4 Å². The van der Waals surface area contributed by atoms with Gasteiger partial charge in [0.15, 0.2) is 28.4 Å². The molecule has 1 saturated heterocycles. The molecule has 182 valence electrons. The lowest BCUT2D eigenvalue weighted by atomic mass is 9.89. The van der Waals surface area contributed by atoms with Crippen LogP contribution in [0.25, 0.3) is 22.3 Å². The van der Waals surface area contributed by atoms with Gasteiger partial charge in [0.05, 0.1) is 12.2 Å². The van der Waals surface area contributed by atoms with Crippen molar-refractivity contribution < 1.29 is 60.2 Å². The Kier molecular flexibility index (Phi) is 5.67. The van der Waals surface area contributed by atoms with Crippen LogP contribution in [0.5, 0.6) is 34.5 Å². The minimum Gasteiger partial charge on any atom is -0.507 e. The number of benzene rings is 2. The van der Waals surface area contributed by atoms with Gasteiger partial charge in [-0.2, -0.15) is 0 Å². The summed E-state index contributed by atoms with van der Waals surface area (Å²) in [6.07, 6.45) is -8.43. The van der Waals surface area contributed by atoms with Gasteiger partial charge in [0.25, 0.3) is 0 Å². The molecule has 0 spiro atoms. The zero-order valence-corrected chi connectivity index (χ0v) is 17.0. The maximum Gasteiger partial charge on any atom is 0.197 e. The Balaban J connectivity index is 1.92. The summed E-state index contributed by atoms with van der Waals surface area (Å²) in [5.41, 5.74) is -2.62. The molecule has 3 aromatic rings. The lowest BCUT2D eigenvalue weighted by molar-refractivity contribution is -0.232. The highest BCUT2D eigenvalue weighted by Crippen LogP contribution is 2.49. The van der Waals surface area contributed by atoms with Gasteiger partial charge < -0.3 is 60.2 Å². The van der Waals surface area contributed by atoms with Gasteiger partial charge in [-0.15, -0.1) is 0 Å². The number of aromatic hydroxyl groups is 6. The van der Waals surface area contributed by atoms with Crippen LogP contribution in [0.2, 0.25) is 0 Å². The SMILES string of the molecule is O=c1cc(-c2c(O)c(O)cc(O)c2O)oc2cc(O)c([C@@H]3O[C@H](CO)[C@@H](O)[C@H](O)[C@H]3O)c(O)c12. The van der Waals surface area contributed by atoms with Crippen LogP contribution in [0.3, 0.4) is 0 Å². The standard InChI is InChI=1S/C21H20O13/c22-4-11-17(29)19(31)20(32)21(34-11)13-6(24)3-9-12(18(13)30)5(23)2-10(33-9)14-15(27)7(25)1-8(26)16(14)28/h1-3,11,17,19-22,24-32H,4H2/t11-,17-,19+,20-,21+/m1/s1. The van der Waals surface area contributed by atoms with Crippen molar-refractivity contribution in [2.45, 2.75) is 30.5 Å². The smallest absolute Gasteiger partial charge is 0.197 e. The Morgan fingerprint density at radius 2 is 1.38 bits per heavy atom. The third-order valence-electron chi connectivity index (χ3n) is 5.67. The number of hydrogen-bond acceptors (Lipinski definition) is 13. The van der Waals surface area contributed by atoms with Gasteiger partial charge in [-0.25, -0.2) is 0 Å². The van der Waals surface area contributed by atoms with E-state index < -0.39 is 105 Å². The summed E-state index contributed by atoms with van der Waals surface area (Å²) in [6.45, 7) is -0.772. The highest BCUT2D eigenvalue weighted by Gasteiger charge is 2.46. The zero-order valence-electron chi connectivity index (χ0n) is 17.0. The van der Waals surface area contributed by atoms with Crippen LogP contribution < -0.4 is 5.43 Å². The largest absolute Gasteiger partial charge is 0.507 e. The molecular weight excluding hydrogens is 460 g/mol. The molecule has 0 aliphatic carbocycles. The molecule has 10 N–H and O–H groups in total. The molecule has 1 aliphatic rings. The third kappa shape index (κ3) is 3.43. The third-order valence-corrected chi connectivity index (χ3v) is 5.67. The summed E-state index contributed by atoms with van der Waals surface area (Å²) in [4.78, 5) is 12.8. The van der Waals surface area contributed by atoms with Crippen LogP contribution in [-0.2, 0) is 4.74 Å². The fourth-order valence-electron chi connectivity index (χ4n) is 3.92. The number of fused-ring (bicyclic) bond motifs is 1. The van der Waals surface area contributed by atoms with Gasteiger partial charge in [0.2, 0.25) is 0 Å². The Hall–Kier alpha value is -3.75. The maximum atomic E-state index is 12.8. The van der Waals surface area contributed by atoms with Crippen LogP contribution >= 0.6 is 0 Å². The van der Waals surface area contributed by atoms with Crippen molar-refractivity contribution in [1.82, 2.24) is 0 Å². The van der Waals surface area contributed by atoms with Crippen LogP contribution in [-0.4, -0.2) is 82.1 Å². The number of phenolic OH excluding ortho intramolecular Hbond substituents is 6. The van der Waals surface area contributed by atoms with Crippen molar-refractivity contribution in [2.24, 2.45) is 0 Å². The van der Waals surface area contributed by atoms with Gasteiger partial charge in [-0.3, -0.25) is 4.79 Å². The fourth-order valence-corrected chi connectivity index (χ4v) is 3.92. The van der Waals surface area contributed by atoms with E-state index in [2.05, 4.69) is 0 Å². The molecule has 0 bridgehead atoms. The number of hydrogen-bond donors (Lipinski definition) is 10. The number of rotatable bonds is 3. The van der Waals surface area contributed by atoms with E-state index in [4.69, 9.17) is 9.15 Å². The van der Waals surface area contributed by atoms with Gasteiger partial charge in [0, 0.05) is 18.2 Å². The van der Waals surface area contributed by atoms with Crippen molar-refractivity contribution in [2.75, 3.05) is 6.61 Å². The normalized spacial score (nSPS) is 25.0. The minimum absolute atomic E-state index is 0.465. The molecule has 0 amide bonds. The second-order valence-electron chi connectivity index (χ2n) is 7.74. The first-order valence-corrected chi connectivity index (χ1v) is 9.78. The Morgan fingerprint density at radius 3 is 1.97 bits per heavy atom. The predicted octanol–water partition coefficient (Wildman–Crippen LogP) is -0.792. The van der Waals surface area contributed by atoms with Crippen LogP contribution in [0.1, 0.15) is 11.7 Å². The van der Waals surface area contributed by atoms with Crippen molar-refractivity contribution in [3.05, 3.63) is 34.0 Å². The lowest BCUT2D eigenvalue weighted by Crippen LogP contribution is -2.55. The molecule has 1 fully saturated rings. The molecule has 13 heteroatoms. The van der Waals surface area contributed by atoms with Crippen molar-refractivity contribution in [3.8, 4) is 45.8 Å². The monoisotopic (exact) mass is 480 g/mol. The van der Waals surface area contributed by atoms with Crippen LogP contribution in [0.4, 0.5) is 0 Å². The summed E-state index contributed by atoms with van der Waals surface area (Å²) >= 11 is 0. The zero-order chi connectivity index (χ0) is 25.1. The topological polar surface area (TPSA) is 242 Å². The first kappa shape index (κ1) is 23.4. The number of ether oxygens (including phenoxy) is 1. The van der Waals surface area contributed by atoms with Crippen molar-refractivity contribution >= 4 is 11.0 Å². The van der Waals surface area contributed by atoms with Gasteiger partial charge in [-0.05, 0) is 0 Å². The number of aliphatic hydroxyl groups excluding tert-OH is 4. The first-order valence-electron chi connectivity index (χ1n) is 9.78. The molecule has 34 heavy (non-hydrogen) atoms. The molecule has 1 aromatic heterocycles. The van der Waals surface area contributed by atoms with Gasteiger partial charge in [-0.1, -0.05) is 0 Å². The molecule has 0 unspecified atom stereocenters. The molecule has 1 aliphatic heterocycles. The molecule has 0 saturated carbocycles. The summed E-state index contributed by atoms with van der Waals surface area (Å²) in [5, 5.41) is 100.0. The van der Waals surface area contributed by atoms with Crippen molar-refractivity contribution in [1.29, 1.82) is 0 Å². The predicted molar refractivity (Wildman–Crippen MR) is 111 cm³/mol. The van der Waals surface area contributed by atoms with Gasteiger partial charge >= 0.3 is 0 Å². The molecule has 4 rings (SSSR count). The minimum atomic E-state index is -1.87. The molecular formula is C21H20O13. The molecule has 13 nitrogen and oxygen atoms in total. The molecule has 0 radical (unpaired) electrons. The lowest BCUT2D eigenvalue weighted by Gasteiger charge is -2.40. The number of aliphatic hydroxyl groups is 4. The van der Waals surface area contributed by atoms with E-state index in [-0.39, 0.29) is 0 Å². The van der Waals surface area contributed by atoms with Crippen molar-refractivity contribution in [3.63, 3.8) is 0 Å². The average Bonchev–Trinajstić information content (AvgIpc) is 2.77. The average molecular weight is 480 g/mol. The molecule has 2 heterocycles. The highest BCUT2D eigenvalue weighted by atomic mass is 16.5. The Labute approximate surface area is 188 Å². The quantitative estimate of drug-likeness (QED) is 0.163. The first-order chi connectivity index (χ1) is 16.0. The highest BCUT2D eigenvalue weighted by molar-refractivity contribution is 5.89. The second-order valence-corrected chi connectivity index (χ2v) is 7.74. The van der Waals surface area contributed by atoms with E-state index in [0.29, 0.717) is 12.1 Å². The maximum absolute atomic E-state index is 12.8. The van der Waals surface area contributed by atoms with E-state index in [9.17, 15) is 55.9 Å². The Morgan fingerprint density at radius 1 is 0.765 bits per heavy atom. The van der Waals surface area contributed by atoms with E-state index in [0.717, 1.165) is 6.07 Å². The van der Waals surface area contributed by atoms with E-state index in [1.807, 2.05) is 0 Å².